The lowest BCUT2D eigenvalue weighted by atomic mass is 9.94. The molecule has 0 saturated carbocycles. The zero-order chi connectivity index (χ0) is 25.7. The Labute approximate surface area is 213 Å². The van der Waals surface area contributed by atoms with Gasteiger partial charge >= 0.3 is 0 Å². The maximum Gasteiger partial charge on any atom is 0.254 e. The van der Waals surface area contributed by atoms with Gasteiger partial charge in [-0.2, -0.15) is 0 Å². The Balaban J connectivity index is 1.67. The fourth-order valence-corrected chi connectivity index (χ4v) is 4.84. The molecule has 6 nitrogen and oxygen atoms in total. The minimum absolute atomic E-state index is 0.0302. The number of hydrogen-bond acceptors (Lipinski definition) is 5. The summed E-state index contributed by atoms with van der Waals surface area (Å²) in [4.78, 5) is 17.9. The molecule has 1 amide bonds. The lowest BCUT2D eigenvalue weighted by Gasteiger charge is -2.35. The van der Waals surface area contributed by atoms with Gasteiger partial charge < -0.3 is 19.8 Å². The summed E-state index contributed by atoms with van der Waals surface area (Å²) in [5.41, 5.74) is 4.66. The highest BCUT2D eigenvalue weighted by atomic mass is 16.5. The molecule has 190 valence electrons. The van der Waals surface area contributed by atoms with Crippen LogP contribution in [0.2, 0.25) is 0 Å². The maximum absolute atomic E-state index is 13.9. The second-order valence-corrected chi connectivity index (χ2v) is 9.88. The second-order valence-electron chi connectivity index (χ2n) is 9.88. The van der Waals surface area contributed by atoms with Crippen LogP contribution < -0.4 is 0 Å². The van der Waals surface area contributed by atoms with E-state index in [0.29, 0.717) is 31.8 Å². The minimum atomic E-state index is -0.320. The Hall–Kier alpha value is -3.19. The molecule has 0 saturated heterocycles. The number of aromatic hydroxyl groups is 1. The van der Waals surface area contributed by atoms with Gasteiger partial charge in [-0.15, -0.1) is 0 Å². The van der Waals surface area contributed by atoms with Gasteiger partial charge in [-0.25, -0.2) is 0 Å². The van der Waals surface area contributed by atoms with Crippen LogP contribution in [0.15, 0.2) is 72.8 Å². The Morgan fingerprint density at radius 2 is 1.64 bits per heavy atom. The number of carbonyl (C=O) groups excluding carboxylic acids is 1. The van der Waals surface area contributed by atoms with E-state index in [9.17, 15) is 15.0 Å². The SMILES string of the molecule is C[C@H](CO)N1C[C@H](C)[C@H](CN(C)Cc2ccc(O)cc2)OCc2ccccc2-c2ccccc2C1=O. The number of fused-ring (bicyclic) bond motifs is 3. The number of phenols is 1. The van der Waals surface area contributed by atoms with Crippen LogP contribution in [0.3, 0.4) is 0 Å². The summed E-state index contributed by atoms with van der Waals surface area (Å²) in [6.45, 7) is 6.19. The zero-order valence-corrected chi connectivity index (χ0v) is 21.3. The normalized spacial score (nSPS) is 19.4. The molecule has 1 aliphatic rings. The van der Waals surface area contributed by atoms with Crippen LogP contribution in [0.25, 0.3) is 11.1 Å². The number of rotatable bonds is 6. The predicted octanol–water partition coefficient (Wildman–Crippen LogP) is 4.55. The zero-order valence-electron chi connectivity index (χ0n) is 21.3. The Morgan fingerprint density at radius 1 is 1.00 bits per heavy atom. The fourth-order valence-electron chi connectivity index (χ4n) is 4.84. The van der Waals surface area contributed by atoms with Crippen molar-refractivity contribution in [3.05, 3.63) is 89.5 Å². The second kappa shape index (κ2) is 11.7. The van der Waals surface area contributed by atoms with Gasteiger partial charge in [-0.3, -0.25) is 9.69 Å². The maximum atomic E-state index is 13.9. The molecule has 3 atom stereocenters. The van der Waals surface area contributed by atoms with Gasteiger partial charge in [0.05, 0.1) is 25.4 Å². The van der Waals surface area contributed by atoms with E-state index >= 15 is 0 Å². The van der Waals surface area contributed by atoms with Crippen LogP contribution in [0.1, 0.15) is 35.3 Å². The average molecular weight is 489 g/mol. The third-order valence-electron chi connectivity index (χ3n) is 6.97. The molecule has 6 heteroatoms. The van der Waals surface area contributed by atoms with Crippen LogP contribution in [-0.4, -0.2) is 64.8 Å². The van der Waals surface area contributed by atoms with Gasteiger partial charge in [0.15, 0.2) is 0 Å². The molecular weight excluding hydrogens is 452 g/mol. The van der Waals surface area contributed by atoms with E-state index in [0.717, 1.165) is 22.3 Å². The summed E-state index contributed by atoms with van der Waals surface area (Å²) < 4.78 is 6.57. The number of benzene rings is 3. The monoisotopic (exact) mass is 488 g/mol. The molecule has 0 bridgehead atoms. The van der Waals surface area contributed by atoms with E-state index < -0.39 is 0 Å². The molecule has 0 aromatic heterocycles. The molecule has 0 aliphatic carbocycles. The van der Waals surface area contributed by atoms with Gasteiger partial charge in [-0.05, 0) is 54.4 Å². The van der Waals surface area contributed by atoms with Gasteiger partial charge in [0, 0.05) is 31.1 Å². The van der Waals surface area contributed by atoms with Crippen molar-refractivity contribution in [3.8, 4) is 16.9 Å². The number of ether oxygens (including phenoxy) is 1. The van der Waals surface area contributed by atoms with Crippen LogP contribution in [0.4, 0.5) is 0 Å². The smallest absolute Gasteiger partial charge is 0.254 e. The topological polar surface area (TPSA) is 73.2 Å². The van der Waals surface area contributed by atoms with Crippen LogP contribution >= 0.6 is 0 Å². The highest BCUT2D eigenvalue weighted by molar-refractivity contribution is 6.01. The molecule has 4 rings (SSSR count). The highest BCUT2D eigenvalue weighted by Crippen LogP contribution is 2.31. The number of nitrogens with zero attached hydrogens (tertiary/aromatic N) is 2. The number of carbonyl (C=O) groups is 1. The molecule has 1 heterocycles. The van der Waals surface area contributed by atoms with Crippen LogP contribution in [-0.2, 0) is 17.9 Å². The number of aliphatic hydroxyl groups excluding tert-OH is 1. The summed E-state index contributed by atoms with van der Waals surface area (Å²) in [6, 6.07) is 22.7. The minimum Gasteiger partial charge on any atom is -0.508 e. The predicted molar refractivity (Wildman–Crippen MR) is 142 cm³/mol. The Bertz CT molecular complexity index is 1160. The lowest BCUT2D eigenvalue weighted by Crippen LogP contribution is -2.47. The number of hydrogen-bond donors (Lipinski definition) is 2. The number of amides is 1. The average Bonchev–Trinajstić information content (AvgIpc) is 2.91. The van der Waals surface area contributed by atoms with Crippen molar-refractivity contribution in [2.24, 2.45) is 5.92 Å². The highest BCUT2D eigenvalue weighted by Gasteiger charge is 2.30. The molecular formula is C30H36N2O4. The molecule has 36 heavy (non-hydrogen) atoms. The molecule has 0 fully saturated rings. The van der Waals surface area contributed by atoms with Gasteiger partial charge in [0.1, 0.15) is 5.75 Å². The van der Waals surface area contributed by atoms with E-state index in [2.05, 4.69) is 24.9 Å². The van der Waals surface area contributed by atoms with Crippen molar-refractivity contribution < 1.29 is 19.7 Å². The number of phenolic OH excluding ortho intramolecular Hbond substituents is 1. The first kappa shape index (κ1) is 25.9. The first-order chi connectivity index (χ1) is 17.4. The Morgan fingerprint density at radius 3 is 2.33 bits per heavy atom. The van der Waals surface area contributed by atoms with Gasteiger partial charge in [-0.1, -0.05) is 61.5 Å². The van der Waals surface area contributed by atoms with Crippen molar-refractivity contribution in [1.82, 2.24) is 9.80 Å². The van der Waals surface area contributed by atoms with E-state index in [1.165, 1.54) is 0 Å². The van der Waals surface area contributed by atoms with Gasteiger partial charge in [0.25, 0.3) is 5.91 Å². The summed E-state index contributed by atoms with van der Waals surface area (Å²) in [5.74, 6) is 0.207. The molecule has 3 aromatic rings. The largest absolute Gasteiger partial charge is 0.508 e. The third-order valence-corrected chi connectivity index (χ3v) is 6.97. The quantitative estimate of drug-likeness (QED) is 0.533. The fraction of sp³-hybridized carbons (Fsp3) is 0.367. The van der Waals surface area contributed by atoms with Gasteiger partial charge in [0.2, 0.25) is 0 Å². The number of likely N-dealkylation sites (N-methyl/N-ethyl adjacent to an activating group) is 1. The molecule has 0 spiro atoms. The summed E-state index contributed by atoms with van der Waals surface area (Å²) in [6.07, 6.45) is -0.137. The summed E-state index contributed by atoms with van der Waals surface area (Å²) >= 11 is 0. The molecule has 0 unspecified atom stereocenters. The van der Waals surface area contributed by atoms with Crippen molar-refractivity contribution in [3.63, 3.8) is 0 Å². The van der Waals surface area contributed by atoms with Crippen molar-refractivity contribution in [2.45, 2.75) is 39.1 Å². The van der Waals surface area contributed by atoms with Crippen LogP contribution in [0, 0.1) is 5.92 Å². The van der Waals surface area contributed by atoms with E-state index in [1.807, 2.05) is 61.5 Å². The third kappa shape index (κ3) is 5.95. The summed E-state index contributed by atoms with van der Waals surface area (Å²) in [7, 11) is 2.05. The molecule has 3 aromatic carbocycles. The van der Waals surface area contributed by atoms with Crippen molar-refractivity contribution in [2.75, 3.05) is 26.7 Å². The molecule has 2 N–H and O–H groups in total. The molecule has 1 aliphatic heterocycles. The standard InChI is InChI=1S/C30H36N2O4/c1-21-16-32(22(2)19-33)30(35)28-11-7-6-10-27(28)26-9-5-4-8-24(26)20-36-29(21)18-31(3)17-23-12-14-25(34)15-13-23/h4-15,21-22,29,33-34H,16-20H2,1-3H3/t21-,22+,29-/m0/s1. The van der Waals surface area contributed by atoms with Crippen molar-refractivity contribution >= 4 is 5.91 Å². The Kier molecular flexibility index (Phi) is 8.41. The van der Waals surface area contributed by atoms with Crippen molar-refractivity contribution in [1.29, 1.82) is 0 Å². The van der Waals surface area contributed by atoms with E-state index in [4.69, 9.17) is 4.74 Å². The first-order valence-electron chi connectivity index (χ1n) is 12.5. The molecule has 0 radical (unpaired) electrons. The number of aliphatic hydroxyl groups is 1. The summed E-state index contributed by atoms with van der Waals surface area (Å²) in [5, 5.41) is 19.6. The van der Waals surface area contributed by atoms with E-state index in [-0.39, 0.29) is 36.3 Å². The van der Waals surface area contributed by atoms with E-state index in [1.54, 1.807) is 17.0 Å². The van der Waals surface area contributed by atoms with Crippen LogP contribution in [0.5, 0.6) is 5.75 Å². The lowest BCUT2D eigenvalue weighted by molar-refractivity contribution is -0.0241. The first-order valence-corrected chi connectivity index (χ1v) is 12.5.